The minimum absolute atomic E-state index is 0.000388. The van der Waals surface area contributed by atoms with E-state index in [2.05, 4.69) is 40.7 Å². The molecule has 1 N–H and O–H groups in total. The highest BCUT2D eigenvalue weighted by Gasteiger charge is 2.64. The van der Waals surface area contributed by atoms with Crippen LogP contribution in [0.15, 0.2) is 72.9 Å². The highest BCUT2D eigenvalue weighted by Crippen LogP contribution is 2.64. The zero-order chi connectivity index (χ0) is 21.3. The Kier molecular flexibility index (Phi) is 5.36. The molecule has 160 valence electrons. The van der Waals surface area contributed by atoms with E-state index in [9.17, 15) is 4.79 Å². The average Bonchev–Trinajstić information content (AvgIpc) is 3.52. The van der Waals surface area contributed by atoms with Crippen LogP contribution in [-0.4, -0.2) is 29.4 Å². The molecule has 3 aliphatic rings. The summed E-state index contributed by atoms with van der Waals surface area (Å²) in [5.41, 5.74) is 3.30. The van der Waals surface area contributed by atoms with Crippen LogP contribution in [0, 0.1) is 11.8 Å². The van der Waals surface area contributed by atoms with E-state index in [0.29, 0.717) is 12.5 Å². The summed E-state index contributed by atoms with van der Waals surface area (Å²) in [7, 11) is 1.71. The van der Waals surface area contributed by atoms with E-state index in [1.807, 2.05) is 47.3 Å². The number of aromatic nitrogens is 2. The molecule has 3 saturated carbocycles. The van der Waals surface area contributed by atoms with Crippen LogP contribution in [0.2, 0.25) is 0 Å². The fraction of sp³-hybridized carbons (Fsp3) is 0.385. The van der Waals surface area contributed by atoms with E-state index in [1.165, 1.54) is 5.69 Å². The number of benzene rings is 2. The van der Waals surface area contributed by atoms with Crippen molar-refractivity contribution in [2.24, 2.45) is 11.8 Å². The van der Waals surface area contributed by atoms with Crippen LogP contribution in [0.25, 0.3) is 0 Å². The molecule has 3 unspecified atom stereocenters. The number of amides is 1. The van der Waals surface area contributed by atoms with Crippen LogP contribution < -0.4 is 5.32 Å². The molecule has 3 aromatic rings. The smallest absolute Gasteiger partial charge is 0.225 e. The summed E-state index contributed by atoms with van der Waals surface area (Å²) < 4.78 is 7.30. The molecular weight excluding hydrogens is 386 g/mol. The Morgan fingerprint density at radius 3 is 2.42 bits per heavy atom. The van der Waals surface area contributed by atoms with Gasteiger partial charge in [-0.3, -0.25) is 9.48 Å². The average molecular weight is 416 g/mol. The number of hydrogen-bond acceptors (Lipinski definition) is 3. The van der Waals surface area contributed by atoms with Crippen molar-refractivity contribution in [1.29, 1.82) is 0 Å². The van der Waals surface area contributed by atoms with Crippen molar-refractivity contribution in [3.05, 3.63) is 89.7 Å². The van der Waals surface area contributed by atoms with Gasteiger partial charge in [0.25, 0.3) is 0 Å². The molecule has 0 aliphatic heterocycles. The minimum Gasteiger partial charge on any atom is -0.383 e. The van der Waals surface area contributed by atoms with Gasteiger partial charge in [-0.25, -0.2) is 0 Å². The fourth-order valence-electron chi connectivity index (χ4n) is 5.82. The van der Waals surface area contributed by atoms with Crippen molar-refractivity contribution in [1.82, 2.24) is 15.1 Å². The molecule has 1 aromatic heterocycles. The topological polar surface area (TPSA) is 56.2 Å². The van der Waals surface area contributed by atoms with Gasteiger partial charge in [0.2, 0.25) is 5.91 Å². The fourth-order valence-corrected chi connectivity index (χ4v) is 5.82. The Bertz CT molecular complexity index is 990. The van der Waals surface area contributed by atoms with Crippen LogP contribution in [0.3, 0.4) is 0 Å². The Morgan fingerprint density at radius 1 is 1.13 bits per heavy atom. The first-order chi connectivity index (χ1) is 15.2. The van der Waals surface area contributed by atoms with Crippen molar-refractivity contribution in [3.8, 4) is 0 Å². The molecule has 2 bridgehead atoms. The molecule has 5 nitrogen and oxygen atoms in total. The van der Waals surface area contributed by atoms with Crippen LogP contribution >= 0.6 is 0 Å². The second kappa shape index (κ2) is 8.31. The number of nitrogens with zero attached hydrogens (tertiary/aromatic N) is 2. The maximum Gasteiger partial charge on any atom is 0.225 e. The predicted molar refractivity (Wildman–Crippen MR) is 119 cm³/mol. The third kappa shape index (κ3) is 3.47. The SMILES string of the molecule is COCCn1nccc1C12CCC(C1)C2C(=O)NC(c1ccccc1)c1ccccc1. The number of rotatable bonds is 8. The van der Waals surface area contributed by atoms with Gasteiger partial charge in [0, 0.05) is 24.4 Å². The summed E-state index contributed by atoms with van der Waals surface area (Å²) in [6.45, 7) is 1.34. The predicted octanol–water partition coefficient (Wildman–Crippen LogP) is 4.10. The van der Waals surface area contributed by atoms with Crippen LogP contribution in [0.1, 0.15) is 42.1 Å². The van der Waals surface area contributed by atoms with Gasteiger partial charge in [0.05, 0.1) is 25.1 Å². The van der Waals surface area contributed by atoms with Crippen molar-refractivity contribution in [2.75, 3.05) is 13.7 Å². The summed E-state index contributed by atoms with van der Waals surface area (Å²) in [5, 5.41) is 7.93. The highest BCUT2D eigenvalue weighted by atomic mass is 16.5. The quantitative estimate of drug-likeness (QED) is 0.603. The highest BCUT2D eigenvalue weighted by molar-refractivity contribution is 5.83. The van der Waals surface area contributed by atoms with Gasteiger partial charge in [-0.15, -0.1) is 0 Å². The van der Waals surface area contributed by atoms with E-state index >= 15 is 0 Å². The molecule has 0 spiro atoms. The molecule has 1 heterocycles. The van der Waals surface area contributed by atoms with Crippen LogP contribution in [-0.2, 0) is 21.5 Å². The first kappa shape index (κ1) is 20.0. The lowest BCUT2D eigenvalue weighted by Gasteiger charge is -2.47. The molecule has 3 aliphatic carbocycles. The minimum atomic E-state index is -0.148. The normalized spacial score (nSPS) is 24.2. The lowest BCUT2D eigenvalue weighted by molar-refractivity contribution is -0.133. The van der Waals surface area contributed by atoms with Gasteiger partial charge in [0.1, 0.15) is 0 Å². The number of ether oxygens (including phenoxy) is 1. The first-order valence-electron chi connectivity index (χ1n) is 11.1. The molecule has 2 aromatic carbocycles. The van der Waals surface area contributed by atoms with Gasteiger partial charge < -0.3 is 10.1 Å². The summed E-state index contributed by atoms with van der Waals surface area (Å²) >= 11 is 0. The third-order valence-corrected chi connectivity index (χ3v) is 7.22. The van der Waals surface area contributed by atoms with E-state index in [0.717, 1.165) is 36.9 Å². The van der Waals surface area contributed by atoms with E-state index in [4.69, 9.17) is 4.74 Å². The lowest BCUT2D eigenvalue weighted by Crippen LogP contribution is -2.53. The molecular formula is C26H29N3O2. The Morgan fingerprint density at radius 2 is 1.81 bits per heavy atom. The van der Waals surface area contributed by atoms with E-state index in [-0.39, 0.29) is 23.3 Å². The monoisotopic (exact) mass is 415 g/mol. The van der Waals surface area contributed by atoms with Gasteiger partial charge >= 0.3 is 0 Å². The number of hydrogen-bond donors (Lipinski definition) is 1. The number of methoxy groups -OCH3 is 1. The van der Waals surface area contributed by atoms with Crippen molar-refractivity contribution < 1.29 is 9.53 Å². The van der Waals surface area contributed by atoms with Gasteiger partial charge in [-0.05, 0) is 42.4 Å². The molecule has 1 amide bonds. The van der Waals surface area contributed by atoms with Gasteiger partial charge in [-0.2, -0.15) is 5.10 Å². The third-order valence-electron chi connectivity index (χ3n) is 7.22. The van der Waals surface area contributed by atoms with Gasteiger partial charge in [0.15, 0.2) is 0 Å². The summed E-state index contributed by atoms with van der Waals surface area (Å²) in [6.07, 6.45) is 5.09. The second-order valence-corrected chi connectivity index (χ2v) is 8.83. The zero-order valence-electron chi connectivity index (χ0n) is 17.9. The standard InChI is InChI=1S/C26H29N3O2/c1-31-17-16-29-22(13-15-27-29)26-14-12-21(18-26)23(26)25(30)28-24(19-8-4-2-5-9-19)20-10-6-3-7-11-20/h2-11,13,15,21,23-24H,12,14,16-18H2,1H3,(H,28,30). The largest absolute Gasteiger partial charge is 0.383 e. The maximum absolute atomic E-state index is 13.7. The van der Waals surface area contributed by atoms with Crippen LogP contribution in [0.5, 0.6) is 0 Å². The van der Waals surface area contributed by atoms with Crippen molar-refractivity contribution in [2.45, 2.75) is 37.3 Å². The molecule has 0 radical (unpaired) electrons. The number of carbonyl (C=O) groups is 1. The number of nitrogens with one attached hydrogen (secondary N) is 1. The Hall–Kier alpha value is -2.92. The molecule has 0 saturated heterocycles. The maximum atomic E-state index is 13.7. The van der Waals surface area contributed by atoms with E-state index < -0.39 is 0 Å². The van der Waals surface area contributed by atoms with Crippen molar-refractivity contribution in [3.63, 3.8) is 0 Å². The van der Waals surface area contributed by atoms with Crippen LogP contribution in [0.4, 0.5) is 0 Å². The summed E-state index contributed by atoms with van der Waals surface area (Å²) in [4.78, 5) is 13.7. The molecule has 3 fully saturated rings. The molecule has 3 atom stereocenters. The lowest BCUT2D eigenvalue weighted by atomic mass is 9.58. The first-order valence-corrected chi connectivity index (χ1v) is 11.1. The second-order valence-electron chi connectivity index (χ2n) is 8.83. The summed E-state index contributed by atoms with van der Waals surface area (Å²) in [6, 6.07) is 22.4. The molecule has 5 heteroatoms. The van der Waals surface area contributed by atoms with Gasteiger partial charge in [-0.1, -0.05) is 60.7 Å². The number of fused-ring (bicyclic) bond motifs is 1. The van der Waals surface area contributed by atoms with E-state index in [1.54, 1.807) is 7.11 Å². The van der Waals surface area contributed by atoms with Crippen molar-refractivity contribution >= 4 is 5.91 Å². The number of carbonyl (C=O) groups excluding carboxylic acids is 1. The zero-order valence-corrected chi connectivity index (χ0v) is 17.9. The summed E-state index contributed by atoms with van der Waals surface area (Å²) in [5.74, 6) is 0.615. The Labute approximate surface area is 183 Å². The molecule has 31 heavy (non-hydrogen) atoms. The molecule has 6 rings (SSSR count). The Balaban J connectivity index is 1.42.